The maximum atomic E-state index is 6.01. The minimum atomic E-state index is 0.443. The van der Waals surface area contributed by atoms with Crippen molar-refractivity contribution in [3.8, 4) is 23.1 Å². The topological polar surface area (TPSA) is 87.4 Å². The van der Waals surface area contributed by atoms with Crippen LogP contribution in [0.15, 0.2) is 46.3 Å². The zero-order valence-corrected chi connectivity index (χ0v) is 16.3. The summed E-state index contributed by atoms with van der Waals surface area (Å²) in [4.78, 5) is 8.78. The Hall–Kier alpha value is -2.65. The summed E-state index contributed by atoms with van der Waals surface area (Å²) in [6, 6.07) is 7.32. The van der Waals surface area contributed by atoms with E-state index in [0.29, 0.717) is 22.5 Å². The van der Waals surface area contributed by atoms with Gasteiger partial charge >= 0.3 is 0 Å². The summed E-state index contributed by atoms with van der Waals surface area (Å²) in [6.07, 6.45) is 3.63. The summed E-state index contributed by atoms with van der Waals surface area (Å²) in [6.45, 7) is 2.78. The molecule has 0 aliphatic heterocycles. The Morgan fingerprint density at radius 3 is 2.85 bits per heavy atom. The van der Waals surface area contributed by atoms with Gasteiger partial charge in [0.15, 0.2) is 16.8 Å². The van der Waals surface area contributed by atoms with Gasteiger partial charge in [0.25, 0.3) is 5.89 Å². The molecule has 0 amide bonds. The number of nitrogens with zero attached hydrogens (tertiary/aromatic N) is 7. The van der Waals surface area contributed by atoms with Crippen LogP contribution in [0.5, 0.6) is 0 Å². The highest BCUT2D eigenvalue weighted by molar-refractivity contribution is 7.98. The van der Waals surface area contributed by atoms with E-state index in [2.05, 4.69) is 25.3 Å². The number of hydrogen-bond acceptors (Lipinski definition) is 7. The third-order valence-electron chi connectivity index (χ3n) is 3.92. The molecule has 0 radical (unpaired) electrons. The lowest BCUT2D eigenvalue weighted by molar-refractivity contribution is 0.425. The second kappa shape index (κ2) is 7.53. The van der Waals surface area contributed by atoms with E-state index in [1.165, 1.54) is 11.8 Å². The third-order valence-corrected chi connectivity index (χ3v) is 5.12. The van der Waals surface area contributed by atoms with Gasteiger partial charge < -0.3 is 9.09 Å². The van der Waals surface area contributed by atoms with Crippen LogP contribution in [-0.2, 0) is 19.3 Å². The maximum Gasteiger partial charge on any atom is 0.258 e. The Bertz CT molecular complexity index is 1070. The van der Waals surface area contributed by atoms with Crippen LogP contribution >= 0.6 is 23.4 Å². The Morgan fingerprint density at radius 2 is 2.11 bits per heavy atom. The molecule has 138 valence electrons. The van der Waals surface area contributed by atoms with Crippen LogP contribution < -0.4 is 0 Å². The van der Waals surface area contributed by atoms with Crippen molar-refractivity contribution in [3.05, 3.63) is 47.5 Å². The van der Waals surface area contributed by atoms with Gasteiger partial charge in [0.1, 0.15) is 0 Å². The number of halogens is 1. The highest BCUT2D eigenvalue weighted by Crippen LogP contribution is 2.26. The van der Waals surface area contributed by atoms with Gasteiger partial charge in [0.2, 0.25) is 5.82 Å². The molecule has 0 spiro atoms. The lowest BCUT2D eigenvalue weighted by Crippen LogP contribution is -2.03. The van der Waals surface area contributed by atoms with Crippen molar-refractivity contribution < 1.29 is 4.52 Å². The van der Waals surface area contributed by atoms with Crippen molar-refractivity contribution in [3.63, 3.8) is 0 Å². The van der Waals surface area contributed by atoms with Gasteiger partial charge in [-0.25, -0.2) is 4.98 Å². The summed E-state index contributed by atoms with van der Waals surface area (Å²) in [5.74, 6) is 3.06. The van der Waals surface area contributed by atoms with Gasteiger partial charge in [-0.3, -0.25) is 4.57 Å². The maximum absolute atomic E-state index is 6.01. The van der Waals surface area contributed by atoms with Crippen molar-refractivity contribution >= 4 is 23.4 Å². The van der Waals surface area contributed by atoms with E-state index in [1.807, 2.05) is 41.4 Å². The van der Waals surface area contributed by atoms with Crippen LogP contribution in [0.3, 0.4) is 0 Å². The molecule has 3 heterocycles. The van der Waals surface area contributed by atoms with Gasteiger partial charge in [-0.2, -0.15) is 4.98 Å². The molecule has 0 saturated carbocycles. The normalized spacial score (nSPS) is 11.2. The van der Waals surface area contributed by atoms with E-state index in [9.17, 15) is 0 Å². The van der Waals surface area contributed by atoms with E-state index < -0.39 is 0 Å². The first-order valence-electron chi connectivity index (χ1n) is 8.28. The fraction of sp³-hybridized carbons (Fsp3) is 0.235. The fourth-order valence-corrected chi connectivity index (χ4v) is 3.64. The monoisotopic (exact) mass is 401 g/mol. The van der Waals surface area contributed by atoms with E-state index in [-0.39, 0.29) is 0 Å². The second-order valence-corrected chi connectivity index (χ2v) is 7.11. The highest BCUT2D eigenvalue weighted by atomic mass is 35.5. The minimum Gasteiger partial charge on any atom is -0.334 e. The van der Waals surface area contributed by atoms with Crippen molar-refractivity contribution in [2.45, 2.75) is 24.4 Å². The molecule has 0 aliphatic carbocycles. The van der Waals surface area contributed by atoms with Gasteiger partial charge in [0, 0.05) is 36.6 Å². The molecule has 1 aromatic carbocycles. The predicted octanol–water partition coefficient (Wildman–Crippen LogP) is 3.69. The molecule has 0 bridgehead atoms. The predicted molar refractivity (Wildman–Crippen MR) is 102 cm³/mol. The van der Waals surface area contributed by atoms with Crippen molar-refractivity contribution in [1.29, 1.82) is 0 Å². The first-order valence-corrected chi connectivity index (χ1v) is 9.64. The third kappa shape index (κ3) is 3.60. The van der Waals surface area contributed by atoms with Gasteiger partial charge in [-0.1, -0.05) is 34.6 Å². The summed E-state index contributed by atoms with van der Waals surface area (Å²) < 4.78 is 9.28. The molecule has 27 heavy (non-hydrogen) atoms. The SMILES string of the molecule is CCn1c(SCc2noc(-c3cccc(Cl)c3)n2)nnc1-c1nccn1C. The Morgan fingerprint density at radius 1 is 1.22 bits per heavy atom. The van der Waals surface area contributed by atoms with Crippen LogP contribution in [-0.4, -0.2) is 34.5 Å². The molecule has 8 nitrogen and oxygen atoms in total. The molecule has 0 aliphatic rings. The summed E-state index contributed by atoms with van der Waals surface area (Å²) in [7, 11) is 1.93. The number of imidazole rings is 1. The average molecular weight is 402 g/mol. The van der Waals surface area contributed by atoms with Gasteiger partial charge in [-0.05, 0) is 25.1 Å². The summed E-state index contributed by atoms with van der Waals surface area (Å²) in [5.41, 5.74) is 0.792. The number of rotatable bonds is 6. The fourth-order valence-electron chi connectivity index (χ4n) is 2.61. The zero-order valence-electron chi connectivity index (χ0n) is 14.7. The highest BCUT2D eigenvalue weighted by Gasteiger charge is 2.17. The molecule has 0 saturated heterocycles. The lowest BCUT2D eigenvalue weighted by Gasteiger charge is -2.06. The minimum absolute atomic E-state index is 0.443. The molecule has 4 aromatic rings. The lowest BCUT2D eigenvalue weighted by atomic mass is 10.2. The van der Waals surface area contributed by atoms with Gasteiger partial charge in [-0.15, -0.1) is 10.2 Å². The molecule has 0 fully saturated rings. The van der Waals surface area contributed by atoms with Crippen LogP contribution in [0.4, 0.5) is 0 Å². The smallest absolute Gasteiger partial charge is 0.258 e. The Kier molecular flexibility index (Phi) is 4.95. The van der Waals surface area contributed by atoms with Crippen molar-refractivity contribution in [1.82, 2.24) is 34.5 Å². The second-order valence-electron chi connectivity index (χ2n) is 5.73. The van der Waals surface area contributed by atoms with Crippen LogP contribution in [0, 0.1) is 0 Å². The summed E-state index contributed by atoms with van der Waals surface area (Å²) >= 11 is 7.51. The molecule has 4 rings (SSSR count). The first kappa shape index (κ1) is 17.7. The van der Waals surface area contributed by atoms with E-state index in [4.69, 9.17) is 16.1 Å². The van der Waals surface area contributed by atoms with Gasteiger partial charge in [0.05, 0.1) is 5.75 Å². The average Bonchev–Trinajstić information content (AvgIpc) is 3.38. The number of benzene rings is 1. The van der Waals surface area contributed by atoms with Crippen LogP contribution in [0.25, 0.3) is 23.1 Å². The standard InChI is InChI=1S/C17H16ClN7OS/c1-3-25-15(14-19-7-8-24(14)2)21-22-17(25)27-10-13-20-16(26-23-13)11-5-4-6-12(18)9-11/h4-9H,3,10H2,1-2H3. The van der Waals surface area contributed by atoms with E-state index in [0.717, 1.165) is 28.9 Å². The van der Waals surface area contributed by atoms with E-state index >= 15 is 0 Å². The Balaban J connectivity index is 1.51. The molecule has 10 heteroatoms. The molecule has 0 N–H and O–H groups in total. The molecule has 0 unspecified atom stereocenters. The van der Waals surface area contributed by atoms with Crippen LogP contribution in [0.1, 0.15) is 12.7 Å². The number of hydrogen-bond donors (Lipinski definition) is 0. The van der Waals surface area contributed by atoms with Crippen LogP contribution in [0.2, 0.25) is 5.02 Å². The molecule has 0 atom stereocenters. The van der Waals surface area contributed by atoms with E-state index in [1.54, 1.807) is 18.3 Å². The zero-order chi connectivity index (χ0) is 18.8. The Labute approximate surface area is 164 Å². The van der Waals surface area contributed by atoms with Crippen molar-refractivity contribution in [2.75, 3.05) is 0 Å². The molecule has 3 aromatic heterocycles. The summed E-state index contributed by atoms with van der Waals surface area (Å²) in [5, 5.41) is 14.0. The number of aryl methyl sites for hydroxylation is 1. The molecular weight excluding hydrogens is 386 g/mol. The molecular formula is C17H16ClN7OS. The van der Waals surface area contributed by atoms with Crippen molar-refractivity contribution in [2.24, 2.45) is 7.05 Å². The first-order chi connectivity index (χ1) is 13.2. The quantitative estimate of drug-likeness (QED) is 0.455. The number of aromatic nitrogens is 7. The number of thioether (sulfide) groups is 1. The largest absolute Gasteiger partial charge is 0.334 e.